The van der Waals surface area contributed by atoms with Crippen molar-refractivity contribution in [3.63, 3.8) is 0 Å². The second-order valence-corrected chi connectivity index (χ2v) is 5.41. The third kappa shape index (κ3) is 7.25. The molecule has 1 amide bonds. The van der Waals surface area contributed by atoms with Crippen LogP contribution in [0, 0.1) is 0 Å². The van der Waals surface area contributed by atoms with Crippen LogP contribution in [0.15, 0.2) is 24.3 Å². The molecule has 0 bridgehead atoms. The average molecular weight is 305 g/mol. The highest BCUT2D eigenvalue weighted by molar-refractivity contribution is 6.37. The number of unbranched alkanes of at least 4 members (excludes halogenated alkanes) is 5. The van der Waals surface area contributed by atoms with E-state index in [1.807, 2.05) is 12.1 Å². The van der Waals surface area contributed by atoms with Crippen molar-refractivity contribution in [2.75, 3.05) is 11.9 Å². The van der Waals surface area contributed by atoms with Crippen molar-refractivity contribution >= 4 is 17.6 Å². The van der Waals surface area contributed by atoms with E-state index in [1.54, 1.807) is 12.1 Å². The molecule has 0 aliphatic carbocycles. The Morgan fingerprint density at radius 3 is 2.23 bits per heavy atom. The topological polar surface area (TPSA) is 55.4 Å². The van der Waals surface area contributed by atoms with Gasteiger partial charge in [-0.1, -0.05) is 58.1 Å². The van der Waals surface area contributed by atoms with Gasteiger partial charge in [0.25, 0.3) is 0 Å². The van der Waals surface area contributed by atoms with Gasteiger partial charge < -0.3 is 10.1 Å². The fourth-order valence-corrected chi connectivity index (χ4v) is 2.12. The van der Waals surface area contributed by atoms with E-state index < -0.39 is 11.9 Å². The van der Waals surface area contributed by atoms with E-state index in [1.165, 1.54) is 24.8 Å². The monoisotopic (exact) mass is 305 g/mol. The van der Waals surface area contributed by atoms with Crippen molar-refractivity contribution < 1.29 is 14.3 Å². The smallest absolute Gasteiger partial charge is 0.397 e. The fourth-order valence-electron chi connectivity index (χ4n) is 2.12. The van der Waals surface area contributed by atoms with E-state index in [0.29, 0.717) is 12.3 Å². The molecule has 0 saturated heterocycles. The molecule has 22 heavy (non-hydrogen) atoms. The molecular weight excluding hydrogens is 278 g/mol. The zero-order valence-electron chi connectivity index (χ0n) is 13.7. The summed E-state index contributed by atoms with van der Waals surface area (Å²) in [6, 6.07) is 7.43. The minimum Gasteiger partial charge on any atom is -0.459 e. The lowest BCUT2D eigenvalue weighted by Gasteiger charge is -2.06. The molecule has 122 valence electrons. The van der Waals surface area contributed by atoms with E-state index >= 15 is 0 Å². The Morgan fingerprint density at radius 1 is 0.955 bits per heavy atom. The number of esters is 1. The van der Waals surface area contributed by atoms with E-state index in [4.69, 9.17) is 4.74 Å². The molecule has 0 fully saturated rings. The number of hydrogen-bond donors (Lipinski definition) is 1. The molecule has 0 atom stereocenters. The highest BCUT2D eigenvalue weighted by Crippen LogP contribution is 2.10. The second kappa shape index (κ2) is 10.8. The molecule has 0 aliphatic heterocycles. The van der Waals surface area contributed by atoms with E-state index in [9.17, 15) is 9.59 Å². The lowest BCUT2D eigenvalue weighted by molar-refractivity contribution is -0.152. The van der Waals surface area contributed by atoms with Gasteiger partial charge in [-0.2, -0.15) is 0 Å². The van der Waals surface area contributed by atoms with Gasteiger partial charge in [0.05, 0.1) is 6.61 Å². The van der Waals surface area contributed by atoms with Crippen molar-refractivity contribution in [1.82, 2.24) is 0 Å². The predicted octanol–water partition coefficient (Wildman–Crippen LogP) is 4.09. The highest BCUT2D eigenvalue weighted by atomic mass is 16.5. The zero-order valence-corrected chi connectivity index (χ0v) is 13.7. The first-order chi connectivity index (χ1) is 10.7. The molecule has 1 N–H and O–H groups in total. The lowest BCUT2D eigenvalue weighted by Crippen LogP contribution is -2.25. The molecule has 0 radical (unpaired) electrons. The number of benzene rings is 1. The molecule has 0 unspecified atom stereocenters. The standard InChI is InChI=1S/C18H27NO3/c1-3-5-6-7-8-9-14-22-18(21)17(20)19-16-12-10-15(4-2)11-13-16/h10-13H,3-9,14H2,1-2H3,(H,19,20). The Kier molecular flexibility index (Phi) is 8.96. The van der Waals surface area contributed by atoms with Crippen LogP contribution in [0.1, 0.15) is 57.9 Å². The third-order valence-electron chi connectivity index (χ3n) is 3.54. The SMILES string of the molecule is CCCCCCCCOC(=O)C(=O)Nc1ccc(CC)cc1. The van der Waals surface area contributed by atoms with Crippen LogP contribution in [0.3, 0.4) is 0 Å². The number of ether oxygens (including phenoxy) is 1. The third-order valence-corrected chi connectivity index (χ3v) is 3.54. The molecule has 0 spiro atoms. The minimum atomic E-state index is -0.812. The summed E-state index contributed by atoms with van der Waals surface area (Å²) in [4.78, 5) is 23.3. The summed E-state index contributed by atoms with van der Waals surface area (Å²) in [5.74, 6) is -1.52. The Hall–Kier alpha value is -1.84. The number of aryl methyl sites for hydroxylation is 1. The molecule has 0 aromatic heterocycles. The summed E-state index contributed by atoms with van der Waals surface area (Å²) < 4.78 is 4.98. The molecule has 4 heteroatoms. The number of carbonyl (C=O) groups excluding carboxylic acids is 2. The molecule has 4 nitrogen and oxygen atoms in total. The second-order valence-electron chi connectivity index (χ2n) is 5.41. The fraction of sp³-hybridized carbons (Fsp3) is 0.556. The summed E-state index contributed by atoms with van der Waals surface area (Å²) in [6.07, 6.45) is 7.63. The zero-order chi connectivity index (χ0) is 16.2. The van der Waals surface area contributed by atoms with Crippen LogP contribution in [0.25, 0.3) is 0 Å². The maximum Gasteiger partial charge on any atom is 0.397 e. The van der Waals surface area contributed by atoms with Gasteiger partial charge in [-0.15, -0.1) is 0 Å². The molecule has 1 rings (SSSR count). The Morgan fingerprint density at radius 2 is 1.59 bits per heavy atom. The first kappa shape index (κ1) is 18.2. The molecule has 0 saturated carbocycles. The van der Waals surface area contributed by atoms with Crippen LogP contribution in [-0.4, -0.2) is 18.5 Å². The van der Waals surface area contributed by atoms with Crippen LogP contribution in [-0.2, 0) is 20.7 Å². The molecule has 1 aromatic carbocycles. The summed E-state index contributed by atoms with van der Waals surface area (Å²) in [7, 11) is 0. The largest absolute Gasteiger partial charge is 0.459 e. The highest BCUT2D eigenvalue weighted by Gasteiger charge is 2.15. The van der Waals surface area contributed by atoms with Crippen LogP contribution in [0.2, 0.25) is 0 Å². The molecule has 0 aliphatic rings. The van der Waals surface area contributed by atoms with Crippen LogP contribution in [0.4, 0.5) is 5.69 Å². The van der Waals surface area contributed by atoms with E-state index in [-0.39, 0.29) is 0 Å². The molecule has 1 aromatic rings. The Labute approximate surface area is 133 Å². The number of rotatable bonds is 9. The van der Waals surface area contributed by atoms with Crippen LogP contribution in [0.5, 0.6) is 0 Å². The summed E-state index contributed by atoms with van der Waals surface area (Å²) in [6.45, 7) is 4.55. The number of nitrogens with one attached hydrogen (secondary N) is 1. The van der Waals surface area contributed by atoms with Gasteiger partial charge in [0.15, 0.2) is 0 Å². The first-order valence-corrected chi connectivity index (χ1v) is 8.24. The summed E-state index contributed by atoms with van der Waals surface area (Å²) in [5, 5.41) is 2.55. The Balaban J connectivity index is 2.20. The van der Waals surface area contributed by atoms with Crippen molar-refractivity contribution in [3.05, 3.63) is 29.8 Å². The van der Waals surface area contributed by atoms with E-state index in [0.717, 1.165) is 25.7 Å². The van der Waals surface area contributed by atoms with Crippen molar-refractivity contribution in [1.29, 1.82) is 0 Å². The average Bonchev–Trinajstić information content (AvgIpc) is 2.54. The maximum atomic E-state index is 11.7. The first-order valence-electron chi connectivity index (χ1n) is 8.24. The van der Waals surface area contributed by atoms with Crippen molar-refractivity contribution in [3.8, 4) is 0 Å². The lowest BCUT2D eigenvalue weighted by atomic mass is 10.1. The van der Waals surface area contributed by atoms with Gasteiger partial charge in [0.2, 0.25) is 0 Å². The summed E-state index contributed by atoms with van der Waals surface area (Å²) in [5.41, 5.74) is 1.79. The predicted molar refractivity (Wildman–Crippen MR) is 88.8 cm³/mol. The number of anilines is 1. The van der Waals surface area contributed by atoms with Gasteiger partial charge >= 0.3 is 11.9 Å². The van der Waals surface area contributed by atoms with Crippen molar-refractivity contribution in [2.24, 2.45) is 0 Å². The Bertz CT molecular complexity index is 454. The van der Waals surface area contributed by atoms with Gasteiger partial charge in [-0.05, 0) is 30.5 Å². The van der Waals surface area contributed by atoms with Crippen molar-refractivity contribution in [2.45, 2.75) is 58.8 Å². The number of amides is 1. The minimum absolute atomic E-state index is 0.313. The van der Waals surface area contributed by atoms with Gasteiger partial charge in [-0.25, -0.2) is 4.79 Å². The summed E-state index contributed by atoms with van der Waals surface area (Å²) >= 11 is 0. The van der Waals surface area contributed by atoms with Gasteiger partial charge in [-0.3, -0.25) is 4.79 Å². The van der Waals surface area contributed by atoms with Gasteiger partial charge in [0, 0.05) is 5.69 Å². The number of hydrogen-bond acceptors (Lipinski definition) is 3. The molecular formula is C18H27NO3. The maximum absolute atomic E-state index is 11.7. The number of carbonyl (C=O) groups is 2. The normalized spacial score (nSPS) is 10.3. The van der Waals surface area contributed by atoms with Crippen LogP contribution >= 0.6 is 0 Å². The quantitative estimate of drug-likeness (QED) is 0.425. The van der Waals surface area contributed by atoms with E-state index in [2.05, 4.69) is 19.2 Å². The molecule has 0 heterocycles. The van der Waals surface area contributed by atoms with Gasteiger partial charge in [0.1, 0.15) is 0 Å². The van der Waals surface area contributed by atoms with Crippen LogP contribution < -0.4 is 5.32 Å².